The fourth-order valence-electron chi connectivity index (χ4n) is 2.68. The topological polar surface area (TPSA) is 118 Å². The van der Waals surface area contributed by atoms with Gasteiger partial charge < -0.3 is 15.2 Å². The molecule has 3 rings (SSSR count). The highest BCUT2D eigenvalue weighted by atomic mass is 32.2. The van der Waals surface area contributed by atoms with Crippen LogP contribution in [0.4, 0.5) is 5.69 Å². The summed E-state index contributed by atoms with van der Waals surface area (Å²) < 4.78 is 1.75. The van der Waals surface area contributed by atoms with Crippen molar-refractivity contribution in [1.82, 2.24) is 30.3 Å². The summed E-state index contributed by atoms with van der Waals surface area (Å²) in [5.41, 5.74) is 3.29. The second kappa shape index (κ2) is 9.87. The highest BCUT2D eigenvalue weighted by Gasteiger charge is 2.10. The number of nitrogens with one attached hydrogen (secondary N) is 3. The zero-order valence-electron chi connectivity index (χ0n) is 16.3. The van der Waals surface area contributed by atoms with E-state index < -0.39 is 0 Å². The first kappa shape index (κ1) is 20.6. The molecular formula is C19H23N7O2S. The number of hydrogen-bond donors (Lipinski definition) is 3. The monoisotopic (exact) mass is 413 g/mol. The molecule has 0 saturated heterocycles. The summed E-state index contributed by atoms with van der Waals surface area (Å²) in [6.07, 6.45) is 5.06. The minimum Gasteiger partial charge on any atom is -0.352 e. The molecule has 1 aromatic carbocycles. The first-order chi connectivity index (χ1) is 14.0. The van der Waals surface area contributed by atoms with Gasteiger partial charge in [0.1, 0.15) is 6.33 Å². The van der Waals surface area contributed by atoms with Crippen molar-refractivity contribution in [3.05, 3.63) is 53.6 Å². The third-order valence-electron chi connectivity index (χ3n) is 4.25. The molecule has 0 unspecified atom stereocenters. The van der Waals surface area contributed by atoms with Crippen molar-refractivity contribution in [1.29, 1.82) is 0 Å². The van der Waals surface area contributed by atoms with Gasteiger partial charge in [-0.25, -0.2) is 0 Å². The Morgan fingerprint density at radius 2 is 2.17 bits per heavy atom. The number of anilines is 1. The van der Waals surface area contributed by atoms with Gasteiger partial charge in [0.2, 0.25) is 5.91 Å². The molecule has 29 heavy (non-hydrogen) atoms. The standard InChI is InChI=1S/C19H23N7O2S/c1-13-15(10-21-24-13)6-4-8-20-18(28)14-5-3-7-16(9-14)23-17(27)11-29-19-25-22-12-26(19)2/h3,5,7,9-10,12H,4,6,8,11H2,1-2H3,(H,20,28)(H,21,24)(H,23,27). The normalized spacial score (nSPS) is 10.7. The van der Waals surface area contributed by atoms with E-state index in [0.717, 1.165) is 24.1 Å². The van der Waals surface area contributed by atoms with Crippen LogP contribution in [-0.4, -0.2) is 49.1 Å². The van der Waals surface area contributed by atoms with Gasteiger partial charge in [-0.05, 0) is 43.5 Å². The van der Waals surface area contributed by atoms with Crippen molar-refractivity contribution in [2.24, 2.45) is 7.05 Å². The minimum absolute atomic E-state index is 0.168. The number of carbonyl (C=O) groups excluding carboxylic acids is 2. The molecule has 10 heteroatoms. The molecular weight excluding hydrogens is 390 g/mol. The molecule has 2 heterocycles. The van der Waals surface area contributed by atoms with Crippen LogP contribution in [0.1, 0.15) is 28.0 Å². The molecule has 0 bridgehead atoms. The van der Waals surface area contributed by atoms with E-state index in [0.29, 0.717) is 23.0 Å². The number of rotatable bonds is 9. The van der Waals surface area contributed by atoms with Crippen LogP contribution < -0.4 is 10.6 Å². The predicted molar refractivity (Wildman–Crippen MR) is 111 cm³/mol. The molecule has 0 spiro atoms. The van der Waals surface area contributed by atoms with E-state index in [9.17, 15) is 9.59 Å². The molecule has 0 atom stereocenters. The van der Waals surface area contributed by atoms with Crippen LogP contribution in [0.2, 0.25) is 0 Å². The Bertz CT molecular complexity index is 982. The van der Waals surface area contributed by atoms with Gasteiger partial charge in [-0.3, -0.25) is 14.7 Å². The van der Waals surface area contributed by atoms with E-state index in [1.54, 1.807) is 35.2 Å². The fourth-order valence-corrected chi connectivity index (χ4v) is 3.37. The van der Waals surface area contributed by atoms with E-state index in [-0.39, 0.29) is 17.6 Å². The second-order valence-corrected chi connectivity index (χ2v) is 7.46. The Morgan fingerprint density at radius 3 is 2.90 bits per heavy atom. The minimum atomic E-state index is -0.175. The third-order valence-corrected chi connectivity index (χ3v) is 5.29. The van der Waals surface area contributed by atoms with Crippen LogP contribution in [0, 0.1) is 6.92 Å². The van der Waals surface area contributed by atoms with Crippen molar-refractivity contribution in [3.63, 3.8) is 0 Å². The van der Waals surface area contributed by atoms with E-state index in [1.807, 2.05) is 20.2 Å². The first-order valence-corrected chi connectivity index (χ1v) is 10.1. The van der Waals surface area contributed by atoms with Crippen LogP contribution in [0.15, 0.2) is 41.9 Å². The van der Waals surface area contributed by atoms with Crippen molar-refractivity contribution >= 4 is 29.3 Å². The molecule has 0 aliphatic carbocycles. The average molecular weight is 414 g/mol. The smallest absolute Gasteiger partial charge is 0.251 e. The molecule has 0 aliphatic rings. The van der Waals surface area contributed by atoms with Crippen molar-refractivity contribution in [2.45, 2.75) is 24.9 Å². The number of benzene rings is 1. The number of carbonyl (C=O) groups is 2. The lowest BCUT2D eigenvalue weighted by Crippen LogP contribution is -2.25. The summed E-state index contributed by atoms with van der Waals surface area (Å²) in [4.78, 5) is 24.5. The van der Waals surface area contributed by atoms with Crippen molar-refractivity contribution < 1.29 is 9.59 Å². The number of nitrogens with zero attached hydrogens (tertiary/aromatic N) is 4. The number of aromatic nitrogens is 5. The van der Waals surface area contributed by atoms with Crippen LogP contribution in [0.25, 0.3) is 0 Å². The molecule has 3 aromatic rings. The van der Waals surface area contributed by atoms with Crippen molar-refractivity contribution in [2.75, 3.05) is 17.6 Å². The van der Waals surface area contributed by atoms with E-state index >= 15 is 0 Å². The Labute approximate surface area is 172 Å². The molecule has 9 nitrogen and oxygen atoms in total. The van der Waals surface area contributed by atoms with Gasteiger partial charge in [-0.1, -0.05) is 17.8 Å². The molecule has 0 saturated carbocycles. The number of aryl methyl sites for hydroxylation is 3. The molecule has 2 amide bonds. The quantitative estimate of drug-likeness (QED) is 0.364. The number of amides is 2. The summed E-state index contributed by atoms with van der Waals surface area (Å²) in [5, 5.41) is 21.0. The zero-order chi connectivity index (χ0) is 20.6. The lowest BCUT2D eigenvalue weighted by Gasteiger charge is -2.08. The molecule has 0 fully saturated rings. The van der Waals surface area contributed by atoms with Crippen LogP contribution in [-0.2, 0) is 18.3 Å². The predicted octanol–water partition coefficient (Wildman–Crippen LogP) is 1.94. The Kier molecular flexibility index (Phi) is 7.01. The Balaban J connectivity index is 1.45. The van der Waals surface area contributed by atoms with Gasteiger partial charge in [0.25, 0.3) is 5.91 Å². The summed E-state index contributed by atoms with van der Waals surface area (Å²) in [7, 11) is 1.82. The molecule has 3 N–H and O–H groups in total. The molecule has 152 valence electrons. The Hall–Kier alpha value is -3.14. The van der Waals surface area contributed by atoms with Crippen molar-refractivity contribution in [3.8, 4) is 0 Å². The highest BCUT2D eigenvalue weighted by molar-refractivity contribution is 7.99. The third kappa shape index (κ3) is 5.92. The van der Waals surface area contributed by atoms with Crippen LogP contribution >= 0.6 is 11.8 Å². The largest absolute Gasteiger partial charge is 0.352 e. The van der Waals surface area contributed by atoms with Gasteiger partial charge >= 0.3 is 0 Å². The summed E-state index contributed by atoms with van der Waals surface area (Å²) in [5.74, 6) is -0.138. The number of aromatic amines is 1. The van der Waals surface area contributed by atoms with Gasteiger partial charge in [-0.15, -0.1) is 10.2 Å². The van der Waals surface area contributed by atoms with Crippen LogP contribution in [0.5, 0.6) is 0 Å². The van der Waals surface area contributed by atoms with Gasteiger partial charge in [-0.2, -0.15) is 5.10 Å². The fraction of sp³-hybridized carbons (Fsp3) is 0.316. The first-order valence-electron chi connectivity index (χ1n) is 9.16. The average Bonchev–Trinajstić information content (AvgIpc) is 3.31. The molecule has 2 aromatic heterocycles. The number of thioether (sulfide) groups is 1. The van der Waals surface area contributed by atoms with E-state index in [4.69, 9.17) is 0 Å². The van der Waals surface area contributed by atoms with Gasteiger partial charge in [0.05, 0.1) is 11.9 Å². The number of H-pyrrole nitrogens is 1. The van der Waals surface area contributed by atoms with Gasteiger partial charge in [0, 0.05) is 30.5 Å². The maximum absolute atomic E-state index is 12.4. The zero-order valence-corrected chi connectivity index (χ0v) is 17.1. The van der Waals surface area contributed by atoms with Gasteiger partial charge in [0.15, 0.2) is 5.16 Å². The lowest BCUT2D eigenvalue weighted by molar-refractivity contribution is -0.113. The summed E-state index contributed by atoms with van der Waals surface area (Å²) in [6.45, 7) is 2.54. The summed E-state index contributed by atoms with van der Waals surface area (Å²) >= 11 is 1.30. The van der Waals surface area contributed by atoms with E-state index in [1.165, 1.54) is 11.8 Å². The maximum atomic E-state index is 12.4. The SMILES string of the molecule is Cc1[nH]ncc1CCCNC(=O)c1cccc(NC(=O)CSc2nncn2C)c1. The molecule has 0 aliphatic heterocycles. The number of hydrogen-bond acceptors (Lipinski definition) is 6. The summed E-state index contributed by atoms with van der Waals surface area (Å²) in [6, 6.07) is 6.89. The Morgan fingerprint density at radius 1 is 1.31 bits per heavy atom. The lowest BCUT2D eigenvalue weighted by atomic mass is 10.1. The maximum Gasteiger partial charge on any atom is 0.251 e. The highest BCUT2D eigenvalue weighted by Crippen LogP contribution is 2.15. The van der Waals surface area contributed by atoms with E-state index in [2.05, 4.69) is 31.0 Å². The van der Waals surface area contributed by atoms with Crippen LogP contribution in [0.3, 0.4) is 0 Å². The second-order valence-electron chi connectivity index (χ2n) is 6.52. The molecule has 0 radical (unpaired) electrons.